The molecule has 2 fully saturated rings. The van der Waals surface area contributed by atoms with Gasteiger partial charge in [0.15, 0.2) is 0 Å². The van der Waals surface area contributed by atoms with Crippen LogP contribution in [0.2, 0.25) is 0 Å². The lowest BCUT2D eigenvalue weighted by Crippen LogP contribution is -2.48. The summed E-state index contributed by atoms with van der Waals surface area (Å²) in [6.07, 6.45) is 7.15. The van der Waals surface area contributed by atoms with Crippen molar-refractivity contribution < 1.29 is 4.79 Å². The Balaban J connectivity index is 0.00000162. The molecule has 0 bridgehead atoms. The van der Waals surface area contributed by atoms with E-state index in [-0.39, 0.29) is 30.4 Å². The highest BCUT2D eigenvalue weighted by molar-refractivity contribution is 5.85. The Morgan fingerprint density at radius 1 is 1.28 bits per heavy atom. The standard InChI is InChI=1S/C13H25N3O.ClH/c1-10(16-8-7-11(14)9-16)13(17)15-12-5-3-2-4-6-12;/h10-12H,2-9,14H2,1H3,(H,15,17);1H/t10?,11-;/m0./s1. The maximum atomic E-state index is 12.1. The zero-order valence-electron chi connectivity index (χ0n) is 11.2. The van der Waals surface area contributed by atoms with Gasteiger partial charge in [-0.25, -0.2) is 0 Å². The number of carbonyl (C=O) groups is 1. The Morgan fingerprint density at radius 2 is 1.94 bits per heavy atom. The van der Waals surface area contributed by atoms with Crippen LogP contribution >= 0.6 is 12.4 Å². The number of nitrogens with two attached hydrogens (primary N) is 1. The number of rotatable bonds is 3. The van der Waals surface area contributed by atoms with Crippen molar-refractivity contribution in [2.75, 3.05) is 13.1 Å². The van der Waals surface area contributed by atoms with E-state index in [4.69, 9.17) is 5.73 Å². The molecular weight excluding hydrogens is 250 g/mol. The van der Waals surface area contributed by atoms with Gasteiger partial charge in [-0.2, -0.15) is 0 Å². The van der Waals surface area contributed by atoms with E-state index in [1.165, 1.54) is 19.3 Å². The molecule has 0 radical (unpaired) electrons. The Kier molecular flexibility index (Phi) is 6.39. The Hall–Kier alpha value is -0.320. The van der Waals surface area contributed by atoms with Crippen molar-refractivity contribution in [1.82, 2.24) is 10.2 Å². The van der Waals surface area contributed by atoms with Gasteiger partial charge in [-0.3, -0.25) is 9.69 Å². The van der Waals surface area contributed by atoms with Gasteiger partial charge in [0.2, 0.25) is 5.91 Å². The van der Waals surface area contributed by atoms with E-state index in [1.807, 2.05) is 6.92 Å². The second kappa shape index (κ2) is 7.31. The van der Waals surface area contributed by atoms with Gasteiger partial charge in [-0.15, -0.1) is 12.4 Å². The van der Waals surface area contributed by atoms with E-state index in [2.05, 4.69) is 10.2 Å². The van der Waals surface area contributed by atoms with Crippen molar-refractivity contribution in [3.05, 3.63) is 0 Å². The van der Waals surface area contributed by atoms with Crippen molar-refractivity contribution in [1.29, 1.82) is 0 Å². The van der Waals surface area contributed by atoms with Gasteiger partial charge in [-0.05, 0) is 26.2 Å². The first-order valence-electron chi connectivity index (χ1n) is 6.97. The van der Waals surface area contributed by atoms with Gasteiger partial charge < -0.3 is 11.1 Å². The number of nitrogens with one attached hydrogen (secondary N) is 1. The summed E-state index contributed by atoms with van der Waals surface area (Å²) < 4.78 is 0. The predicted molar refractivity (Wildman–Crippen MR) is 75.9 cm³/mol. The SMILES string of the molecule is CC(C(=O)NC1CCCCC1)N1CC[C@H](N)C1.Cl. The molecular formula is C13H26ClN3O. The average molecular weight is 276 g/mol. The van der Waals surface area contributed by atoms with Gasteiger partial charge in [0.1, 0.15) is 0 Å². The number of likely N-dealkylation sites (tertiary alicyclic amines) is 1. The van der Waals surface area contributed by atoms with E-state index in [0.29, 0.717) is 6.04 Å². The molecule has 4 nitrogen and oxygen atoms in total. The lowest BCUT2D eigenvalue weighted by Gasteiger charge is -2.28. The summed E-state index contributed by atoms with van der Waals surface area (Å²) in [7, 11) is 0. The van der Waals surface area contributed by atoms with Crippen molar-refractivity contribution >= 4 is 18.3 Å². The summed E-state index contributed by atoms with van der Waals surface area (Å²) in [4.78, 5) is 14.3. The molecule has 1 unspecified atom stereocenters. The number of halogens is 1. The molecule has 0 aromatic heterocycles. The fourth-order valence-corrected chi connectivity index (χ4v) is 2.90. The summed E-state index contributed by atoms with van der Waals surface area (Å²) in [6, 6.07) is 0.639. The first-order chi connectivity index (χ1) is 8.16. The minimum atomic E-state index is -0.0227. The molecule has 1 saturated heterocycles. The Bertz CT molecular complexity index is 269. The molecule has 106 valence electrons. The van der Waals surface area contributed by atoms with Crippen LogP contribution in [0.3, 0.4) is 0 Å². The van der Waals surface area contributed by atoms with Crippen LogP contribution in [-0.2, 0) is 4.79 Å². The third kappa shape index (κ3) is 4.11. The maximum Gasteiger partial charge on any atom is 0.237 e. The van der Waals surface area contributed by atoms with Gasteiger partial charge in [-0.1, -0.05) is 19.3 Å². The average Bonchev–Trinajstić information content (AvgIpc) is 2.76. The van der Waals surface area contributed by atoms with Crippen molar-refractivity contribution in [3.8, 4) is 0 Å². The lowest BCUT2D eigenvalue weighted by molar-refractivity contribution is -0.126. The number of nitrogens with zero attached hydrogens (tertiary/aromatic N) is 1. The van der Waals surface area contributed by atoms with Crippen LogP contribution in [0.15, 0.2) is 0 Å². The summed E-state index contributed by atoms with van der Waals surface area (Å²) in [5.41, 5.74) is 5.87. The number of hydrogen-bond donors (Lipinski definition) is 2. The van der Waals surface area contributed by atoms with Gasteiger partial charge in [0.25, 0.3) is 0 Å². The molecule has 1 aliphatic carbocycles. The minimum absolute atomic E-state index is 0. The molecule has 1 heterocycles. The van der Waals surface area contributed by atoms with Gasteiger partial charge in [0, 0.05) is 25.2 Å². The second-order valence-corrected chi connectivity index (χ2v) is 5.56. The van der Waals surface area contributed by atoms with Crippen molar-refractivity contribution in [3.63, 3.8) is 0 Å². The molecule has 0 aromatic carbocycles. The molecule has 0 spiro atoms. The highest BCUT2D eigenvalue weighted by atomic mass is 35.5. The molecule has 5 heteroatoms. The zero-order valence-corrected chi connectivity index (χ0v) is 12.0. The number of amides is 1. The van der Waals surface area contributed by atoms with Crippen LogP contribution in [-0.4, -0.2) is 42.0 Å². The fourth-order valence-electron chi connectivity index (χ4n) is 2.90. The highest BCUT2D eigenvalue weighted by Crippen LogP contribution is 2.18. The Morgan fingerprint density at radius 3 is 2.50 bits per heavy atom. The first kappa shape index (κ1) is 15.7. The summed E-state index contributed by atoms with van der Waals surface area (Å²) in [5, 5.41) is 3.19. The van der Waals surface area contributed by atoms with Crippen LogP contribution in [0, 0.1) is 0 Å². The summed E-state index contributed by atoms with van der Waals surface area (Å²) in [6.45, 7) is 3.82. The number of carbonyl (C=O) groups excluding carboxylic acids is 1. The number of hydrogen-bond acceptors (Lipinski definition) is 3. The molecule has 3 N–H and O–H groups in total. The summed E-state index contributed by atoms with van der Waals surface area (Å²) in [5.74, 6) is 0.186. The van der Waals surface area contributed by atoms with E-state index < -0.39 is 0 Å². The van der Waals surface area contributed by atoms with Crippen LogP contribution in [0.5, 0.6) is 0 Å². The van der Waals surface area contributed by atoms with Gasteiger partial charge in [0.05, 0.1) is 6.04 Å². The quantitative estimate of drug-likeness (QED) is 0.816. The topological polar surface area (TPSA) is 58.4 Å². The highest BCUT2D eigenvalue weighted by Gasteiger charge is 2.28. The van der Waals surface area contributed by atoms with E-state index in [9.17, 15) is 4.79 Å². The lowest BCUT2D eigenvalue weighted by atomic mass is 9.95. The third-order valence-electron chi connectivity index (χ3n) is 4.13. The molecule has 1 amide bonds. The molecule has 0 aromatic rings. The monoisotopic (exact) mass is 275 g/mol. The molecule has 2 aliphatic rings. The predicted octanol–water partition coefficient (Wildman–Crippen LogP) is 1.28. The van der Waals surface area contributed by atoms with Gasteiger partial charge >= 0.3 is 0 Å². The first-order valence-corrected chi connectivity index (χ1v) is 6.97. The minimum Gasteiger partial charge on any atom is -0.352 e. The van der Waals surface area contributed by atoms with Crippen molar-refractivity contribution in [2.45, 2.75) is 63.6 Å². The summed E-state index contributed by atoms with van der Waals surface area (Å²) >= 11 is 0. The molecule has 18 heavy (non-hydrogen) atoms. The Labute approximate surface area is 116 Å². The molecule has 1 saturated carbocycles. The van der Waals surface area contributed by atoms with E-state index in [0.717, 1.165) is 32.4 Å². The molecule has 2 rings (SSSR count). The van der Waals surface area contributed by atoms with Crippen LogP contribution in [0.4, 0.5) is 0 Å². The maximum absolute atomic E-state index is 12.1. The molecule has 1 aliphatic heterocycles. The van der Waals surface area contributed by atoms with Crippen molar-refractivity contribution in [2.24, 2.45) is 5.73 Å². The van der Waals surface area contributed by atoms with Crippen LogP contribution in [0.1, 0.15) is 45.4 Å². The smallest absolute Gasteiger partial charge is 0.237 e. The van der Waals surface area contributed by atoms with Crippen LogP contribution < -0.4 is 11.1 Å². The van der Waals surface area contributed by atoms with E-state index >= 15 is 0 Å². The fraction of sp³-hybridized carbons (Fsp3) is 0.923. The van der Waals surface area contributed by atoms with E-state index in [1.54, 1.807) is 0 Å². The normalized spacial score (nSPS) is 27.6. The largest absolute Gasteiger partial charge is 0.352 e. The second-order valence-electron chi connectivity index (χ2n) is 5.56. The molecule has 2 atom stereocenters. The van der Waals surface area contributed by atoms with Crippen LogP contribution in [0.25, 0.3) is 0 Å². The third-order valence-corrected chi connectivity index (χ3v) is 4.13. The zero-order chi connectivity index (χ0) is 12.3.